The van der Waals surface area contributed by atoms with Gasteiger partial charge in [-0.3, -0.25) is 9.59 Å². The second-order valence-corrected chi connectivity index (χ2v) is 9.66. The van der Waals surface area contributed by atoms with Crippen molar-refractivity contribution in [1.29, 1.82) is 0 Å². The molecule has 0 saturated heterocycles. The lowest BCUT2D eigenvalue weighted by atomic mass is 9.68. The van der Waals surface area contributed by atoms with Gasteiger partial charge in [-0.2, -0.15) is 0 Å². The van der Waals surface area contributed by atoms with E-state index < -0.39 is 0 Å². The maximum Gasteiger partial charge on any atom is 0.256 e. The van der Waals surface area contributed by atoms with Crippen molar-refractivity contribution in [3.05, 3.63) is 78.0 Å². The van der Waals surface area contributed by atoms with E-state index in [1.165, 1.54) is 25.7 Å². The summed E-state index contributed by atoms with van der Waals surface area (Å²) >= 11 is 0. The Kier molecular flexibility index (Phi) is 5.52. The Morgan fingerprint density at radius 3 is 2.40 bits per heavy atom. The van der Waals surface area contributed by atoms with Crippen LogP contribution in [0.5, 0.6) is 0 Å². The molecule has 0 radical (unpaired) electrons. The van der Waals surface area contributed by atoms with E-state index in [-0.39, 0.29) is 11.8 Å². The fraction of sp³-hybridized carbons (Fsp3) is 0.286. The van der Waals surface area contributed by atoms with E-state index in [1.807, 2.05) is 36.4 Å². The molecule has 7 heteroatoms. The van der Waals surface area contributed by atoms with E-state index in [9.17, 15) is 9.59 Å². The number of hydrogen-bond acceptors (Lipinski definition) is 4. The minimum Gasteiger partial charge on any atom is -0.349 e. The second kappa shape index (κ2) is 8.98. The highest BCUT2D eigenvalue weighted by Crippen LogP contribution is 2.41. The van der Waals surface area contributed by atoms with Crippen molar-refractivity contribution in [3.63, 3.8) is 0 Å². The highest BCUT2D eigenvalue weighted by Gasteiger charge is 2.36. The molecule has 7 rings (SSSR count). The van der Waals surface area contributed by atoms with Gasteiger partial charge in [0.1, 0.15) is 11.6 Å². The highest BCUT2D eigenvalue weighted by molar-refractivity contribution is 6.04. The van der Waals surface area contributed by atoms with E-state index in [0.717, 1.165) is 28.9 Å². The summed E-state index contributed by atoms with van der Waals surface area (Å²) in [7, 11) is 0. The molecular weight excluding hydrogens is 438 g/mol. The summed E-state index contributed by atoms with van der Waals surface area (Å²) in [5.41, 5.74) is 3.65. The average molecular weight is 466 g/mol. The number of amides is 2. The summed E-state index contributed by atoms with van der Waals surface area (Å²) in [6.07, 6.45) is 7.85. The zero-order chi connectivity index (χ0) is 23.8. The van der Waals surface area contributed by atoms with Gasteiger partial charge >= 0.3 is 0 Å². The van der Waals surface area contributed by atoms with Crippen molar-refractivity contribution in [2.45, 2.75) is 38.1 Å². The van der Waals surface area contributed by atoms with Crippen LogP contribution in [0.1, 0.15) is 52.8 Å². The molecule has 1 atom stereocenters. The first-order valence-electron chi connectivity index (χ1n) is 12.3. The third-order valence-corrected chi connectivity index (χ3v) is 7.44. The summed E-state index contributed by atoms with van der Waals surface area (Å²) in [5, 5.41) is 6.07. The molecule has 35 heavy (non-hydrogen) atoms. The van der Waals surface area contributed by atoms with Crippen LogP contribution in [-0.4, -0.2) is 32.8 Å². The molecule has 4 aromatic rings. The van der Waals surface area contributed by atoms with Gasteiger partial charge in [0.2, 0.25) is 0 Å². The fourth-order valence-electron chi connectivity index (χ4n) is 5.50. The Hall–Kier alpha value is -4.00. The number of aromatic nitrogens is 3. The summed E-state index contributed by atoms with van der Waals surface area (Å²) in [6.45, 7) is 0. The number of nitrogens with zero attached hydrogens (tertiary/aromatic N) is 2. The van der Waals surface area contributed by atoms with E-state index in [1.54, 1.807) is 30.5 Å². The molecule has 1 unspecified atom stereocenters. The number of carbonyl (C=O) groups excluding carboxylic acids is 2. The van der Waals surface area contributed by atoms with E-state index in [4.69, 9.17) is 0 Å². The third-order valence-electron chi connectivity index (χ3n) is 7.44. The number of imidazole rings is 1. The van der Waals surface area contributed by atoms with Crippen molar-refractivity contribution in [1.82, 2.24) is 20.3 Å². The Labute approximate surface area is 203 Å². The predicted molar refractivity (Wildman–Crippen MR) is 135 cm³/mol. The monoisotopic (exact) mass is 465 g/mol. The van der Waals surface area contributed by atoms with Crippen LogP contribution in [0.4, 0.5) is 5.82 Å². The van der Waals surface area contributed by atoms with Gasteiger partial charge in [0.25, 0.3) is 11.8 Å². The lowest BCUT2D eigenvalue weighted by molar-refractivity contribution is 0.0810. The van der Waals surface area contributed by atoms with Crippen LogP contribution in [0.3, 0.4) is 0 Å². The number of aromatic amines is 1. The minimum absolute atomic E-state index is 0.0103. The topological polar surface area (TPSA) is 99.8 Å². The average Bonchev–Trinajstić information content (AvgIpc) is 3.34. The number of nitrogens with one attached hydrogen (secondary N) is 3. The van der Waals surface area contributed by atoms with Crippen LogP contribution in [-0.2, 0) is 0 Å². The van der Waals surface area contributed by atoms with Gasteiger partial charge in [-0.25, -0.2) is 9.97 Å². The summed E-state index contributed by atoms with van der Waals surface area (Å²) in [5.74, 6) is 2.37. The molecule has 3 saturated carbocycles. The first-order chi connectivity index (χ1) is 17.1. The van der Waals surface area contributed by atoms with Gasteiger partial charge in [0, 0.05) is 28.9 Å². The Bertz CT molecular complexity index is 1370. The van der Waals surface area contributed by atoms with Crippen LogP contribution in [0, 0.1) is 11.8 Å². The number of hydrogen-bond donors (Lipinski definition) is 3. The zero-order valence-corrected chi connectivity index (χ0v) is 19.3. The highest BCUT2D eigenvalue weighted by atomic mass is 16.2. The number of fused-ring (bicyclic) bond motifs is 4. The van der Waals surface area contributed by atoms with Crippen LogP contribution in [0.2, 0.25) is 0 Å². The number of rotatable bonds is 5. The molecular formula is C28H27N5O2. The van der Waals surface area contributed by atoms with Crippen LogP contribution in [0.15, 0.2) is 66.9 Å². The standard InChI is InChI=1S/C28H27N5O2/c34-27(33-25-3-1-2-14-29-25)20-10-8-19(9-11-20)26-30-22-13-12-21(16-24(22)31-26)28(35)32-23-15-17-4-6-18(23)7-5-17/h1-3,8-14,16-18,23H,4-7,15H2,(H,30,31)(H,32,35)(H,29,33,34). The van der Waals surface area contributed by atoms with Gasteiger partial charge in [-0.1, -0.05) is 31.0 Å². The molecule has 2 amide bonds. The first-order valence-corrected chi connectivity index (χ1v) is 12.3. The van der Waals surface area contributed by atoms with Crippen molar-refractivity contribution < 1.29 is 9.59 Å². The molecule has 0 aliphatic heterocycles. The van der Waals surface area contributed by atoms with E-state index in [2.05, 4.69) is 25.6 Å². The fourth-order valence-corrected chi connectivity index (χ4v) is 5.50. The van der Waals surface area contributed by atoms with Crippen molar-refractivity contribution in [2.24, 2.45) is 11.8 Å². The maximum atomic E-state index is 13.0. The number of carbonyl (C=O) groups is 2. The molecule has 3 aliphatic rings. The van der Waals surface area contributed by atoms with Gasteiger partial charge < -0.3 is 15.6 Å². The number of benzene rings is 2. The molecule has 176 valence electrons. The van der Waals surface area contributed by atoms with E-state index >= 15 is 0 Å². The lowest BCUT2D eigenvalue weighted by Crippen LogP contribution is -2.47. The lowest BCUT2D eigenvalue weighted by Gasteiger charge is -2.42. The van der Waals surface area contributed by atoms with E-state index in [0.29, 0.717) is 34.7 Å². The van der Waals surface area contributed by atoms with Gasteiger partial charge in [0.15, 0.2) is 0 Å². The molecule has 2 heterocycles. The Morgan fingerprint density at radius 2 is 1.69 bits per heavy atom. The Balaban J connectivity index is 1.16. The second-order valence-electron chi connectivity index (χ2n) is 9.66. The van der Waals surface area contributed by atoms with Crippen molar-refractivity contribution >= 4 is 28.7 Å². The van der Waals surface area contributed by atoms with Crippen LogP contribution < -0.4 is 10.6 Å². The van der Waals surface area contributed by atoms with Gasteiger partial charge in [0.05, 0.1) is 11.0 Å². The maximum absolute atomic E-state index is 13.0. The number of H-pyrrole nitrogens is 1. The molecule has 3 aliphatic carbocycles. The summed E-state index contributed by atoms with van der Waals surface area (Å²) < 4.78 is 0. The summed E-state index contributed by atoms with van der Waals surface area (Å²) in [6, 6.07) is 18.5. The third kappa shape index (κ3) is 4.41. The Morgan fingerprint density at radius 1 is 0.886 bits per heavy atom. The van der Waals surface area contributed by atoms with Crippen LogP contribution >= 0.6 is 0 Å². The molecule has 2 aromatic carbocycles. The predicted octanol–water partition coefficient (Wildman–Crippen LogP) is 5.19. The zero-order valence-electron chi connectivity index (χ0n) is 19.3. The number of pyridine rings is 1. The van der Waals surface area contributed by atoms with Gasteiger partial charge in [-0.15, -0.1) is 0 Å². The molecule has 2 bridgehead atoms. The quantitative estimate of drug-likeness (QED) is 0.378. The molecule has 0 spiro atoms. The molecule has 3 N–H and O–H groups in total. The van der Waals surface area contributed by atoms with Crippen LogP contribution in [0.25, 0.3) is 22.4 Å². The van der Waals surface area contributed by atoms with Crippen molar-refractivity contribution in [2.75, 3.05) is 5.32 Å². The number of anilines is 1. The normalized spacial score (nSPS) is 21.1. The molecule has 7 nitrogen and oxygen atoms in total. The minimum atomic E-state index is -0.221. The van der Waals surface area contributed by atoms with Crippen molar-refractivity contribution in [3.8, 4) is 11.4 Å². The molecule has 2 aromatic heterocycles. The smallest absolute Gasteiger partial charge is 0.256 e. The molecule has 3 fully saturated rings. The largest absolute Gasteiger partial charge is 0.349 e. The summed E-state index contributed by atoms with van der Waals surface area (Å²) in [4.78, 5) is 37.6. The SMILES string of the molecule is O=C(Nc1ccccn1)c1ccc(-c2nc3ccc(C(=O)NC4CC5CCC4CC5)cc3[nH]2)cc1. The first kappa shape index (κ1) is 21.5. The van der Waals surface area contributed by atoms with Gasteiger partial charge in [-0.05, 0) is 73.6 Å².